The minimum absolute atomic E-state index is 0.530. The van der Waals surface area contributed by atoms with Crippen LogP contribution >= 0.6 is 0 Å². The summed E-state index contributed by atoms with van der Waals surface area (Å²) in [5.74, 6) is 0.860. The standard InChI is InChI=1S/C12H24N2/c1-3-12(6-4-7-12)14-9-11-5-8-13-10(11)2/h10-11,13-14H,3-9H2,1-2H3. The number of rotatable bonds is 4. The molecular weight excluding hydrogens is 172 g/mol. The van der Waals surface area contributed by atoms with E-state index in [2.05, 4.69) is 24.5 Å². The Hall–Kier alpha value is -0.0800. The first-order valence-electron chi connectivity index (χ1n) is 6.24. The molecule has 2 heteroatoms. The summed E-state index contributed by atoms with van der Waals surface area (Å²) < 4.78 is 0. The lowest BCUT2D eigenvalue weighted by Gasteiger charge is -2.43. The summed E-state index contributed by atoms with van der Waals surface area (Å²) in [4.78, 5) is 0. The van der Waals surface area contributed by atoms with E-state index >= 15 is 0 Å². The van der Waals surface area contributed by atoms with Crippen LogP contribution in [0.25, 0.3) is 0 Å². The second-order valence-corrected chi connectivity index (χ2v) is 5.16. The molecule has 2 N–H and O–H groups in total. The zero-order chi connectivity index (χ0) is 10.0. The van der Waals surface area contributed by atoms with Gasteiger partial charge in [0.1, 0.15) is 0 Å². The SMILES string of the molecule is CCC1(NCC2CCNC2C)CCC1. The Morgan fingerprint density at radius 2 is 2.21 bits per heavy atom. The molecule has 2 aliphatic rings. The van der Waals surface area contributed by atoms with Crippen molar-refractivity contribution in [3.05, 3.63) is 0 Å². The second kappa shape index (κ2) is 4.19. The van der Waals surface area contributed by atoms with E-state index in [0.717, 1.165) is 12.0 Å². The first-order chi connectivity index (χ1) is 6.76. The molecule has 0 aromatic carbocycles. The van der Waals surface area contributed by atoms with Crippen molar-refractivity contribution in [3.8, 4) is 0 Å². The number of hydrogen-bond donors (Lipinski definition) is 2. The van der Waals surface area contributed by atoms with E-state index < -0.39 is 0 Å². The van der Waals surface area contributed by atoms with E-state index in [0.29, 0.717) is 5.54 Å². The van der Waals surface area contributed by atoms with E-state index in [1.165, 1.54) is 45.2 Å². The normalized spacial score (nSPS) is 35.6. The van der Waals surface area contributed by atoms with E-state index in [-0.39, 0.29) is 0 Å². The second-order valence-electron chi connectivity index (χ2n) is 5.16. The average Bonchev–Trinajstić information content (AvgIpc) is 2.51. The largest absolute Gasteiger partial charge is 0.314 e. The molecule has 82 valence electrons. The Morgan fingerprint density at radius 3 is 2.64 bits per heavy atom. The first-order valence-corrected chi connectivity index (χ1v) is 6.24. The van der Waals surface area contributed by atoms with Crippen molar-refractivity contribution < 1.29 is 0 Å². The minimum atomic E-state index is 0.530. The van der Waals surface area contributed by atoms with Crippen LogP contribution in [-0.2, 0) is 0 Å². The summed E-state index contributed by atoms with van der Waals surface area (Å²) in [6, 6.07) is 0.719. The Labute approximate surface area is 87.8 Å². The average molecular weight is 196 g/mol. The van der Waals surface area contributed by atoms with Crippen molar-refractivity contribution in [2.75, 3.05) is 13.1 Å². The topological polar surface area (TPSA) is 24.1 Å². The maximum Gasteiger partial charge on any atom is 0.0179 e. The highest BCUT2D eigenvalue weighted by molar-refractivity contribution is 4.96. The van der Waals surface area contributed by atoms with Crippen molar-refractivity contribution in [3.63, 3.8) is 0 Å². The Kier molecular flexibility index (Phi) is 3.13. The molecule has 1 aliphatic carbocycles. The molecule has 1 heterocycles. The van der Waals surface area contributed by atoms with Crippen LogP contribution in [-0.4, -0.2) is 24.7 Å². The highest BCUT2D eigenvalue weighted by Crippen LogP contribution is 2.34. The van der Waals surface area contributed by atoms with Gasteiger partial charge in [-0.05, 0) is 58.0 Å². The van der Waals surface area contributed by atoms with E-state index in [1.807, 2.05) is 0 Å². The smallest absolute Gasteiger partial charge is 0.0179 e. The Balaban J connectivity index is 1.75. The van der Waals surface area contributed by atoms with Gasteiger partial charge in [-0.3, -0.25) is 0 Å². The van der Waals surface area contributed by atoms with E-state index in [1.54, 1.807) is 0 Å². The van der Waals surface area contributed by atoms with Gasteiger partial charge in [-0.2, -0.15) is 0 Å². The van der Waals surface area contributed by atoms with Gasteiger partial charge in [0.2, 0.25) is 0 Å². The fourth-order valence-electron chi connectivity index (χ4n) is 2.80. The van der Waals surface area contributed by atoms with Gasteiger partial charge >= 0.3 is 0 Å². The summed E-state index contributed by atoms with van der Waals surface area (Å²) >= 11 is 0. The van der Waals surface area contributed by atoms with Crippen LogP contribution in [0.15, 0.2) is 0 Å². The molecule has 1 aliphatic heterocycles. The third-order valence-electron chi connectivity index (χ3n) is 4.42. The summed E-state index contributed by atoms with van der Waals surface area (Å²) in [5, 5.41) is 7.33. The van der Waals surface area contributed by atoms with Crippen LogP contribution in [0.2, 0.25) is 0 Å². The van der Waals surface area contributed by atoms with Crippen LogP contribution in [0, 0.1) is 5.92 Å². The van der Waals surface area contributed by atoms with Crippen LogP contribution < -0.4 is 10.6 Å². The van der Waals surface area contributed by atoms with Gasteiger partial charge in [0.15, 0.2) is 0 Å². The van der Waals surface area contributed by atoms with E-state index in [9.17, 15) is 0 Å². The number of hydrogen-bond acceptors (Lipinski definition) is 2. The molecule has 0 amide bonds. The lowest BCUT2D eigenvalue weighted by Crippen LogP contribution is -2.52. The van der Waals surface area contributed by atoms with Gasteiger partial charge in [-0.15, -0.1) is 0 Å². The van der Waals surface area contributed by atoms with Crippen molar-refractivity contribution in [2.45, 2.75) is 57.5 Å². The molecular formula is C12H24N2. The zero-order valence-electron chi connectivity index (χ0n) is 9.60. The molecule has 0 aromatic rings. The summed E-state index contributed by atoms with van der Waals surface area (Å²) in [7, 11) is 0. The molecule has 2 fully saturated rings. The predicted octanol–water partition coefficient (Wildman–Crippen LogP) is 1.91. The minimum Gasteiger partial charge on any atom is -0.314 e. The molecule has 0 aromatic heterocycles. The summed E-state index contributed by atoms with van der Waals surface area (Å²) in [5.41, 5.74) is 0.530. The predicted molar refractivity (Wildman–Crippen MR) is 60.4 cm³/mol. The third-order valence-corrected chi connectivity index (χ3v) is 4.42. The van der Waals surface area contributed by atoms with E-state index in [4.69, 9.17) is 0 Å². The zero-order valence-corrected chi connectivity index (χ0v) is 9.60. The van der Waals surface area contributed by atoms with Crippen LogP contribution in [0.1, 0.15) is 46.0 Å². The van der Waals surface area contributed by atoms with Crippen LogP contribution in [0.5, 0.6) is 0 Å². The van der Waals surface area contributed by atoms with Gasteiger partial charge in [0, 0.05) is 11.6 Å². The molecule has 2 unspecified atom stereocenters. The molecule has 1 saturated heterocycles. The highest BCUT2D eigenvalue weighted by atomic mass is 15.0. The van der Waals surface area contributed by atoms with Crippen LogP contribution in [0.3, 0.4) is 0 Å². The molecule has 0 bridgehead atoms. The fourth-order valence-corrected chi connectivity index (χ4v) is 2.80. The third kappa shape index (κ3) is 1.96. The highest BCUT2D eigenvalue weighted by Gasteiger charge is 2.35. The van der Waals surface area contributed by atoms with Gasteiger partial charge in [-0.1, -0.05) is 6.92 Å². The van der Waals surface area contributed by atoms with Crippen molar-refractivity contribution in [2.24, 2.45) is 5.92 Å². The molecule has 0 radical (unpaired) electrons. The maximum atomic E-state index is 3.81. The Bertz CT molecular complexity index is 181. The summed E-state index contributed by atoms with van der Waals surface area (Å²) in [6.45, 7) is 7.08. The lowest BCUT2D eigenvalue weighted by atomic mass is 9.74. The van der Waals surface area contributed by atoms with Crippen molar-refractivity contribution in [1.82, 2.24) is 10.6 Å². The molecule has 1 saturated carbocycles. The van der Waals surface area contributed by atoms with Gasteiger partial charge in [-0.25, -0.2) is 0 Å². The van der Waals surface area contributed by atoms with Crippen molar-refractivity contribution in [1.29, 1.82) is 0 Å². The quantitative estimate of drug-likeness (QED) is 0.717. The van der Waals surface area contributed by atoms with Gasteiger partial charge in [0.25, 0.3) is 0 Å². The molecule has 2 atom stereocenters. The van der Waals surface area contributed by atoms with Gasteiger partial charge < -0.3 is 10.6 Å². The Morgan fingerprint density at radius 1 is 1.43 bits per heavy atom. The van der Waals surface area contributed by atoms with Gasteiger partial charge in [0.05, 0.1) is 0 Å². The first kappa shape index (κ1) is 10.4. The molecule has 2 nitrogen and oxygen atoms in total. The molecule has 2 rings (SSSR count). The molecule has 0 spiro atoms. The van der Waals surface area contributed by atoms with Crippen LogP contribution in [0.4, 0.5) is 0 Å². The van der Waals surface area contributed by atoms with Crippen molar-refractivity contribution >= 4 is 0 Å². The monoisotopic (exact) mass is 196 g/mol. The lowest BCUT2D eigenvalue weighted by molar-refractivity contribution is 0.167. The summed E-state index contributed by atoms with van der Waals surface area (Å²) in [6.07, 6.45) is 6.89. The number of nitrogens with one attached hydrogen (secondary N) is 2. The fraction of sp³-hybridized carbons (Fsp3) is 1.00. The maximum absolute atomic E-state index is 3.81. The molecule has 14 heavy (non-hydrogen) atoms.